The summed E-state index contributed by atoms with van der Waals surface area (Å²) in [5, 5.41) is 7.45. The number of hydrogen-bond donors (Lipinski definition) is 0. The maximum atomic E-state index is 5.08. The first-order valence-electron chi connectivity index (χ1n) is 35.0. The topological polar surface area (TPSA) is 53.5 Å². The number of hydrogen-bond acceptors (Lipinski definition) is 3. The molecule has 6 heteroatoms. The highest BCUT2D eigenvalue weighted by molar-refractivity contribution is 6.13. The lowest BCUT2D eigenvalue weighted by molar-refractivity contribution is 0.661. The Balaban J connectivity index is 0.000000155. The van der Waals surface area contributed by atoms with Gasteiger partial charge in [-0.15, -0.1) is 0 Å². The van der Waals surface area contributed by atoms with Gasteiger partial charge in [-0.05, 0) is 181 Å². The molecule has 1 aliphatic rings. The van der Waals surface area contributed by atoms with E-state index in [-0.39, 0.29) is 5.41 Å². The summed E-state index contributed by atoms with van der Waals surface area (Å²) < 4.78 is 6.98. The molecule has 0 saturated heterocycles. The Bertz CT molecular complexity index is 6020. The number of benzene rings is 15. The summed E-state index contributed by atoms with van der Waals surface area (Å²) in [5.41, 5.74) is 28.3. The lowest BCUT2D eigenvalue weighted by Crippen LogP contribution is -2.15. The molecule has 0 amide bonds. The largest absolute Gasteiger partial charge is 0.309 e. The molecule has 0 unspecified atom stereocenters. The summed E-state index contributed by atoms with van der Waals surface area (Å²) in [6.45, 7) is 4.64. The molecule has 480 valence electrons. The maximum Gasteiger partial charge on any atom is 0.238 e. The van der Waals surface area contributed by atoms with Crippen LogP contribution in [0.2, 0.25) is 0 Å². The predicted octanol–water partition coefficient (Wildman–Crippen LogP) is 24.8. The molecule has 0 bridgehead atoms. The molecule has 0 atom stereocenters. The number of fused-ring (bicyclic) bond motifs is 12. The van der Waals surface area contributed by atoms with Crippen molar-refractivity contribution < 1.29 is 0 Å². The van der Waals surface area contributed by atoms with Crippen LogP contribution in [0.4, 0.5) is 0 Å². The van der Waals surface area contributed by atoms with E-state index in [1.54, 1.807) is 0 Å². The summed E-state index contributed by atoms with van der Waals surface area (Å²) in [6, 6.07) is 131. The summed E-state index contributed by atoms with van der Waals surface area (Å²) in [7, 11) is 0. The first kappa shape index (κ1) is 59.9. The minimum atomic E-state index is -0.106. The Hall–Kier alpha value is -13.3. The van der Waals surface area contributed by atoms with Crippen LogP contribution in [-0.4, -0.2) is 28.7 Å². The zero-order valence-corrected chi connectivity index (χ0v) is 56.3. The van der Waals surface area contributed by atoms with Crippen molar-refractivity contribution in [1.82, 2.24) is 28.7 Å². The Morgan fingerprint density at radius 1 is 0.206 bits per heavy atom. The number of para-hydroxylation sites is 5. The molecular formula is C96H66N6. The standard InChI is InChI=1S/C60H40N2.C36H26N4/c1-3-15-41(16-4-1)45-35-47(43-27-31-51(32-28-43)61-57-23-11-7-19-53(57)54-20-8-12-24-58(54)61)39-49(37-45)50-38-46(42-17-5-2-6-18-42)36-48(40-50)44-29-33-52(34-30-44)62-59-25-13-9-21-55(59)56-22-10-14-26-60(56)62;1-36(2)29-19-11-9-17-25(29)27-21-28-26-18-10-12-20-31(26)40(32(28)22-30(27)36)35-38-33(23-13-5-3-6-14-23)37-34(39-35)24-15-7-4-8-16-24/h1-40H;3-22H,1-2H3. The number of nitrogens with zero attached hydrogens (tertiary/aromatic N) is 6. The van der Waals surface area contributed by atoms with Gasteiger partial charge in [-0.1, -0.05) is 275 Å². The van der Waals surface area contributed by atoms with Crippen molar-refractivity contribution in [3.05, 3.63) is 375 Å². The zero-order chi connectivity index (χ0) is 67.8. The van der Waals surface area contributed by atoms with Gasteiger partial charge in [0.15, 0.2) is 11.6 Å². The van der Waals surface area contributed by atoms with Crippen LogP contribution < -0.4 is 0 Å². The van der Waals surface area contributed by atoms with Crippen LogP contribution >= 0.6 is 0 Å². The van der Waals surface area contributed by atoms with Gasteiger partial charge >= 0.3 is 0 Å². The summed E-state index contributed by atoms with van der Waals surface area (Å²) in [6.07, 6.45) is 0. The van der Waals surface area contributed by atoms with Crippen molar-refractivity contribution >= 4 is 65.4 Å². The van der Waals surface area contributed by atoms with Crippen molar-refractivity contribution in [3.8, 4) is 107 Å². The van der Waals surface area contributed by atoms with E-state index in [4.69, 9.17) is 15.0 Å². The molecule has 0 fully saturated rings. The average molecular weight is 1300 g/mol. The van der Waals surface area contributed by atoms with E-state index in [1.807, 2.05) is 60.7 Å². The van der Waals surface area contributed by atoms with Gasteiger partial charge in [0.1, 0.15) is 0 Å². The van der Waals surface area contributed by atoms with E-state index < -0.39 is 0 Å². The van der Waals surface area contributed by atoms with E-state index in [9.17, 15) is 0 Å². The normalized spacial score (nSPS) is 12.3. The number of rotatable bonds is 10. The highest BCUT2D eigenvalue weighted by Crippen LogP contribution is 2.51. The average Bonchev–Trinajstić information content (AvgIpc) is 1.55. The first-order valence-corrected chi connectivity index (χ1v) is 35.0. The fourth-order valence-electron chi connectivity index (χ4n) is 15.8. The minimum absolute atomic E-state index is 0.106. The molecule has 0 N–H and O–H groups in total. The van der Waals surface area contributed by atoms with Crippen LogP contribution in [0.1, 0.15) is 25.0 Å². The van der Waals surface area contributed by atoms with Crippen LogP contribution in [0.25, 0.3) is 172 Å². The third-order valence-electron chi connectivity index (χ3n) is 20.8. The molecule has 6 nitrogen and oxygen atoms in total. The summed E-state index contributed by atoms with van der Waals surface area (Å²) in [5.74, 6) is 1.93. The van der Waals surface area contributed by atoms with Crippen LogP contribution in [0.15, 0.2) is 364 Å². The molecule has 0 radical (unpaired) electrons. The molecule has 19 aromatic rings. The minimum Gasteiger partial charge on any atom is -0.309 e. The van der Waals surface area contributed by atoms with E-state index in [2.05, 4.69) is 331 Å². The highest BCUT2D eigenvalue weighted by atomic mass is 15.2. The summed E-state index contributed by atoms with van der Waals surface area (Å²) in [4.78, 5) is 15.1. The lowest BCUT2D eigenvalue weighted by atomic mass is 9.82. The van der Waals surface area contributed by atoms with Gasteiger partial charge in [-0.2, -0.15) is 9.97 Å². The maximum absolute atomic E-state index is 5.08. The van der Waals surface area contributed by atoms with Crippen LogP contribution in [0, 0.1) is 0 Å². The quantitative estimate of drug-likeness (QED) is 0.137. The van der Waals surface area contributed by atoms with E-state index >= 15 is 0 Å². The highest BCUT2D eigenvalue weighted by Gasteiger charge is 2.36. The Morgan fingerprint density at radius 2 is 0.510 bits per heavy atom. The van der Waals surface area contributed by atoms with E-state index in [0.717, 1.165) is 33.5 Å². The van der Waals surface area contributed by atoms with Gasteiger partial charge in [0, 0.05) is 60.2 Å². The van der Waals surface area contributed by atoms with Gasteiger partial charge in [0.05, 0.1) is 33.1 Å². The second-order valence-corrected chi connectivity index (χ2v) is 27.1. The second kappa shape index (κ2) is 24.6. The van der Waals surface area contributed by atoms with Gasteiger partial charge in [-0.3, -0.25) is 4.57 Å². The second-order valence-electron chi connectivity index (χ2n) is 27.1. The molecular weight excluding hydrogens is 1240 g/mol. The van der Waals surface area contributed by atoms with Gasteiger partial charge in [0.2, 0.25) is 5.95 Å². The SMILES string of the molecule is CC1(C)c2ccccc2-c2cc3c4ccccc4n(-c4nc(-c5ccccc5)nc(-c5ccccc5)n4)c3cc21.c1ccc(-c2cc(-c3ccc(-n4c5ccccc5c5ccccc54)cc3)cc(-c3cc(-c4ccccc4)cc(-c4ccc(-n5c6ccccc6c6ccccc65)cc4)c3)c2)cc1. The van der Waals surface area contributed by atoms with Crippen molar-refractivity contribution in [2.75, 3.05) is 0 Å². The smallest absolute Gasteiger partial charge is 0.238 e. The van der Waals surface area contributed by atoms with Crippen molar-refractivity contribution in [2.45, 2.75) is 19.3 Å². The monoisotopic (exact) mass is 1300 g/mol. The molecule has 4 heterocycles. The van der Waals surface area contributed by atoms with Crippen LogP contribution in [0.3, 0.4) is 0 Å². The van der Waals surface area contributed by atoms with Gasteiger partial charge in [0.25, 0.3) is 0 Å². The Morgan fingerprint density at radius 3 is 0.902 bits per heavy atom. The summed E-state index contributed by atoms with van der Waals surface area (Å²) >= 11 is 0. The molecule has 20 rings (SSSR count). The van der Waals surface area contributed by atoms with Crippen LogP contribution in [0.5, 0.6) is 0 Å². The zero-order valence-electron chi connectivity index (χ0n) is 56.3. The molecule has 0 saturated carbocycles. The molecule has 0 aliphatic heterocycles. The Labute approximate surface area is 591 Å². The van der Waals surface area contributed by atoms with Crippen LogP contribution in [-0.2, 0) is 5.41 Å². The molecule has 102 heavy (non-hydrogen) atoms. The van der Waals surface area contributed by atoms with E-state index in [0.29, 0.717) is 17.6 Å². The van der Waals surface area contributed by atoms with Crippen molar-refractivity contribution in [3.63, 3.8) is 0 Å². The van der Waals surface area contributed by atoms with E-state index in [1.165, 1.54) is 132 Å². The number of aromatic nitrogens is 6. The molecule has 1 aliphatic carbocycles. The first-order chi connectivity index (χ1) is 50.3. The fourth-order valence-corrected chi connectivity index (χ4v) is 15.8. The lowest BCUT2D eigenvalue weighted by Gasteiger charge is -2.21. The predicted molar refractivity (Wildman–Crippen MR) is 425 cm³/mol. The van der Waals surface area contributed by atoms with Gasteiger partial charge < -0.3 is 9.13 Å². The third-order valence-corrected chi connectivity index (χ3v) is 20.8. The molecule has 15 aromatic carbocycles. The fraction of sp³-hybridized carbons (Fsp3) is 0.0312. The molecule has 0 spiro atoms. The third kappa shape index (κ3) is 10.3. The van der Waals surface area contributed by atoms with Crippen molar-refractivity contribution in [1.29, 1.82) is 0 Å². The van der Waals surface area contributed by atoms with Crippen molar-refractivity contribution in [2.24, 2.45) is 0 Å². The van der Waals surface area contributed by atoms with Gasteiger partial charge in [-0.25, -0.2) is 4.98 Å². The Kier molecular flexibility index (Phi) is 14.5. The molecule has 4 aromatic heterocycles.